The fraction of sp³-hybridized carbons (Fsp3) is 0.211. The van der Waals surface area contributed by atoms with Crippen molar-refractivity contribution in [3.8, 4) is 0 Å². The third kappa shape index (κ3) is 4.44. The van der Waals surface area contributed by atoms with Crippen molar-refractivity contribution in [2.45, 2.75) is 20.1 Å². The molecule has 0 bridgehead atoms. The maximum Gasteiger partial charge on any atom is 0.417 e. The Morgan fingerprint density at radius 2 is 1.84 bits per heavy atom. The Morgan fingerprint density at radius 3 is 2.56 bits per heavy atom. The second kappa shape index (κ2) is 7.61. The molecule has 0 saturated heterocycles. The Kier molecular flexibility index (Phi) is 5.09. The van der Waals surface area contributed by atoms with Gasteiger partial charge in [-0.1, -0.05) is 60.2 Å². The van der Waals surface area contributed by atoms with Gasteiger partial charge in [0.25, 0.3) is 5.91 Å². The molecule has 0 saturated carbocycles. The monoisotopic (exact) mass is 337 g/mol. The summed E-state index contributed by atoms with van der Waals surface area (Å²) < 4.78 is 5.27. The van der Waals surface area contributed by atoms with Gasteiger partial charge in [-0.15, -0.1) is 0 Å². The number of carbonyl (C=O) groups is 2. The van der Waals surface area contributed by atoms with E-state index in [1.165, 1.54) is 10.5 Å². The highest BCUT2D eigenvalue weighted by atomic mass is 16.6. The summed E-state index contributed by atoms with van der Waals surface area (Å²) in [6, 6.07) is 17.4. The van der Waals surface area contributed by atoms with Gasteiger partial charge in [0, 0.05) is 6.54 Å². The highest BCUT2D eigenvalue weighted by molar-refractivity contribution is 6.07. The highest BCUT2D eigenvalue weighted by Gasteiger charge is 2.30. The maximum absolute atomic E-state index is 12.3. The number of ether oxygens (including phenoxy) is 1. The van der Waals surface area contributed by atoms with Gasteiger partial charge in [0.05, 0.1) is 0 Å². The van der Waals surface area contributed by atoms with Crippen molar-refractivity contribution in [2.24, 2.45) is 4.99 Å². The van der Waals surface area contributed by atoms with E-state index in [1.54, 1.807) is 0 Å². The predicted molar refractivity (Wildman–Crippen MR) is 93.8 cm³/mol. The molecule has 2 aromatic carbocycles. The molecule has 0 radical (unpaired) electrons. The van der Waals surface area contributed by atoms with Crippen LogP contribution in [0.4, 0.5) is 4.79 Å². The van der Waals surface area contributed by atoms with Crippen LogP contribution in [0.25, 0.3) is 0 Å². The molecule has 0 unspecified atom stereocenters. The molecule has 6 nitrogen and oxygen atoms in total. The van der Waals surface area contributed by atoms with Crippen molar-refractivity contribution < 1.29 is 14.3 Å². The molecule has 2 aromatic rings. The summed E-state index contributed by atoms with van der Waals surface area (Å²) in [5.74, 6) is -0.147. The first kappa shape index (κ1) is 16.7. The third-order valence-corrected chi connectivity index (χ3v) is 3.78. The summed E-state index contributed by atoms with van der Waals surface area (Å²) in [4.78, 5) is 29.0. The smallest absolute Gasteiger partial charge is 0.417 e. The van der Waals surface area contributed by atoms with Gasteiger partial charge < -0.3 is 10.1 Å². The SMILES string of the molecule is Cc1ccc(CNC2=NC(=O)CN2C(=O)OCc2ccccc2)cc1. The van der Waals surface area contributed by atoms with Crippen molar-refractivity contribution in [1.82, 2.24) is 10.2 Å². The lowest BCUT2D eigenvalue weighted by atomic mass is 10.1. The van der Waals surface area contributed by atoms with Crippen LogP contribution in [0.2, 0.25) is 0 Å². The van der Waals surface area contributed by atoms with E-state index in [-0.39, 0.29) is 25.0 Å². The summed E-state index contributed by atoms with van der Waals surface area (Å²) >= 11 is 0. The van der Waals surface area contributed by atoms with Crippen molar-refractivity contribution in [3.63, 3.8) is 0 Å². The number of hydrogen-bond acceptors (Lipinski definition) is 4. The fourth-order valence-corrected chi connectivity index (χ4v) is 2.39. The van der Waals surface area contributed by atoms with Crippen LogP contribution in [-0.4, -0.2) is 29.4 Å². The standard InChI is InChI=1S/C19H19N3O3/c1-14-7-9-15(10-8-14)11-20-18-21-17(23)12-22(18)19(24)25-13-16-5-3-2-4-6-16/h2-10H,11-13H2,1H3,(H,20,21,23). The molecule has 1 aliphatic rings. The highest BCUT2D eigenvalue weighted by Crippen LogP contribution is 2.09. The minimum atomic E-state index is -0.593. The fourth-order valence-electron chi connectivity index (χ4n) is 2.39. The van der Waals surface area contributed by atoms with Gasteiger partial charge in [-0.05, 0) is 18.1 Å². The summed E-state index contributed by atoms with van der Waals surface area (Å²) in [6.45, 7) is 2.52. The largest absolute Gasteiger partial charge is 0.444 e. The molecule has 0 aromatic heterocycles. The Labute approximate surface area is 146 Å². The average Bonchev–Trinajstić information content (AvgIpc) is 3.01. The molecule has 3 rings (SSSR count). The number of rotatable bonds is 4. The first-order chi connectivity index (χ1) is 12.1. The number of nitrogens with one attached hydrogen (secondary N) is 1. The van der Waals surface area contributed by atoms with Gasteiger partial charge in [0.2, 0.25) is 5.96 Å². The average molecular weight is 337 g/mol. The number of nitrogens with zero attached hydrogens (tertiary/aromatic N) is 2. The molecule has 1 aliphatic heterocycles. The lowest BCUT2D eigenvalue weighted by molar-refractivity contribution is -0.117. The molecule has 1 N–H and O–H groups in total. The molecular weight excluding hydrogens is 318 g/mol. The van der Waals surface area contributed by atoms with Crippen LogP contribution in [-0.2, 0) is 22.7 Å². The van der Waals surface area contributed by atoms with Crippen LogP contribution in [0.15, 0.2) is 59.6 Å². The molecule has 0 spiro atoms. The first-order valence-corrected chi connectivity index (χ1v) is 8.01. The minimum Gasteiger partial charge on any atom is -0.444 e. The van der Waals surface area contributed by atoms with Crippen molar-refractivity contribution in [3.05, 3.63) is 71.3 Å². The number of amides is 2. The van der Waals surface area contributed by atoms with E-state index >= 15 is 0 Å². The van der Waals surface area contributed by atoms with Crippen LogP contribution in [0, 0.1) is 6.92 Å². The van der Waals surface area contributed by atoms with Crippen LogP contribution in [0.1, 0.15) is 16.7 Å². The molecule has 0 aliphatic carbocycles. The van der Waals surface area contributed by atoms with Gasteiger partial charge in [-0.3, -0.25) is 4.79 Å². The zero-order valence-electron chi connectivity index (χ0n) is 13.9. The molecule has 0 atom stereocenters. The number of aliphatic imine (C=N–C) groups is 1. The van der Waals surface area contributed by atoms with E-state index < -0.39 is 6.09 Å². The second-order valence-electron chi connectivity index (χ2n) is 5.79. The van der Waals surface area contributed by atoms with Crippen molar-refractivity contribution in [1.29, 1.82) is 0 Å². The van der Waals surface area contributed by atoms with E-state index in [0.29, 0.717) is 6.54 Å². The minimum absolute atomic E-state index is 0.107. The normalized spacial score (nSPS) is 13.6. The van der Waals surface area contributed by atoms with Gasteiger partial charge in [-0.25, -0.2) is 9.69 Å². The lowest BCUT2D eigenvalue weighted by Gasteiger charge is -2.18. The van der Waals surface area contributed by atoms with E-state index in [0.717, 1.165) is 11.1 Å². The summed E-state index contributed by atoms with van der Waals surface area (Å²) in [5, 5.41) is 3.03. The number of benzene rings is 2. The molecule has 2 amide bonds. The van der Waals surface area contributed by atoms with Gasteiger partial charge in [0.1, 0.15) is 13.2 Å². The first-order valence-electron chi connectivity index (χ1n) is 8.01. The Balaban J connectivity index is 1.58. The molecular formula is C19H19N3O3. The second-order valence-corrected chi connectivity index (χ2v) is 5.79. The molecule has 1 heterocycles. The number of carbonyl (C=O) groups excluding carboxylic acids is 2. The van der Waals surface area contributed by atoms with E-state index in [4.69, 9.17) is 4.74 Å². The third-order valence-electron chi connectivity index (χ3n) is 3.78. The molecule has 25 heavy (non-hydrogen) atoms. The summed E-state index contributed by atoms with van der Waals surface area (Å²) in [5.41, 5.74) is 3.08. The van der Waals surface area contributed by atoms with E-state index in [1.807, 2.05) is 61.5 Å². The van der Waals surface area contributed by atoms with Crippen LogP contribution in [0.3, 0.4) is 0 Å². The van der Waals surface area contributed by atoms with Crippen LogP contribution >= 0.6 is 0 Å². The van der Waals surface area contributed by atoms with Crippen molar-refractivity contribution >= 4 is 18.0 Å². The molecule has 0 fully saturated rings. The maximum atomic E-state index is 12.3. The van der Waals surface area contributed by atoms with E-state index in [9.17, 15) is 9.59 Å². The van der Waals surface area contributed by atoms with Crippen molar-refractivity contribution in [2.75, 3.05) is 6.54 Å². The number of guanidine groups is 1. The topological polar surface area (TPSA) is 71.0 Å². The predicted octanol–water partition coefficient (Wildman–Crippen LogP) is 2.62. The number of hydrogen-bond donors (Lipinski definition) is 1. The summed E-state index contributed by atoms with van der Waals surface area (Å²) in [6.07, 6.45) is -0.593. The zero-order chi connectivity index (χ0) is 17.6. The zero-order valence-corrected chi connectivity index (χ0v) is 13.9. The van der Waals surface area contributed by atoms with E-state index in [2.05, 4.69) is 10.3 Å². The van der Waals surface area contributed by atoms with Gasteiger partial charge in [-0.2, -0.15) is 4.99 Å². The lowest BCUT2D eigenvalue weighted by Crippen LogP contribution is -2.42. The van der Waals surface area contributed by atoms with Crippen LogP contribution < -0.4 is 5.32 Å². The van der Waals surface area contributed by atoms with Gasteiger partial charge >= 0.3 is 6.09 Å². The molecule has 128 valence electrons. The Bertz CT molecular complexity index is 785. The quantitative estimate of drug-likeness (QED) is 0.931. The van der Waals surface area contributed by atoms with Gasteiger partial charge in [0.15, 0.2) is 0 Å². The Morgan fingerprint density at radius 1 is 1.12 bits per heavy atom. The van der Waals surface area contributed by atoms with Crippen LogP contribution in [0.5, 0.6) is 0 Å². The Hall–Kier alpha value is -3.15. The number of aryl methyl sites for hydroxylation is 1. The molecule has 6 heteroatoms. The summed E-state index contributed by atoms with van der Waals surface area (Å²) in [7, 11) is 0.